The molecule has 0 bridgehead atoms. The summed E-state index contributed by atoms with van der Waals surface area (Å²) in [4.78, 5) is 14.5. The topological polar surface area (TPSA) is 45.2 Å². The second-order valence-corrected chi connectivity index (χ2v) is 8.47. The van der Waals surface area contributed by atoms with E-state index in [0.29, 0.717) is 12.8 Å². The summed E-state index contributed by atoms with van der Waals surface area (Å²) < 4.78 is 10.5. The summed E-state index contributed by atoms with van der Waals surface area (Å²) in [6.07, 6.45) is 1.51. The number of benzene rings is 2. The van der Waals surface area contributed by atoms with Crippen molar-refractivity contribution in [2.45, 2.75) is 13.3 Å². The third kappa shape index (κ3) is 5.96. The minimum absolute atomic E-state index is 0.562. The lowest BCUT2D eigenvalue weighted by Gasteiger charge is -2.38. The molecule has 0 spiro atoms. The lowest BCUT2D eigenvalue weighted by atomic mass is 10.1. The summed E-state index contributed by atoms with van der Waals surface area (Å²) in [7, 11) is 0.393. The van der Waals surface area contributed by atoms with Crippen molar-refractivity contribution < 1.29 is 14.2 Å². The molecule has 0 aliphatic carbocycles. The molecule has 0 radical (unpaired) electrons. The zero-order valence-electron chi connectivity index (χ0n) is 17.4. The van der Waals surface area contributed by atoms with E-state index < -0.39 is 8.38 Å². The fourth-order valence-corrected chi connectivity index (χ4v) is 4.39. The molecule has 6 heteroatoms. The Hall–Kier alpha value is -2.07. The monoisotopic (exact) mass is 414 g/mol. The van der Waals surface area contributed by atoms with Gasteiger partial charge in [0.15, 0.2) is 8.38 Å². The van der Waals surface area contributed by atoms with Crippen LogP contribution in [0.5, 0.6) is 5.75 Å². The van der Waals surface area contributed by atoms with Gasteiger partial charge in [-0.05, 0) is 48.7 Å². The molecule has 1 N–H and O–H groups in total. The summed E-state index contributed by atoms with van der Waals surface area (Å²) in [5.41, 5.74) is 4.68. The molecule has 5 nitrogen and oxygen atoms in total. The van der Waals surface area contributed by atoms with E-state index in [1.165, 1.54) is 11.3 Å². The van der Waals surface area contributed by atoms with Crippen LogP contribution in [0.1, 0.15) is 18.1 Å². The van der Waals surface area contributed by atoms with Crippen molar-refractivity contribution in [1.82, 2.24) is 4.90 Å². The molecular weight excluding hydrogens is 383 g/mol. The van der Waals surface area contributed by atoms with Gasteiger partial charge in [0.25, 0.3) is 0 Å². The van der Waals surface area contributed by atoms with E-state index in [1.807, 2.05) is 19.1 Å². The number of ether oxygens (including phenoxy) is 1. The van der Waals surface area contributed by atoms with Crippen molar-refractivity contribution in [1.29, 1.82) is 0 Å². The average Bonchev–Trinajstić information content (AvgIpc) is 2.78. The summed E-state index contributed by atoms with van der Waals surface area (Å²) >= 11 is 0. The molecule has 1 unspecified atom stereocenters. The molecule has 1 fully saturated rings. The van der Waals surface area contributed by atoms with Gasteiger partial charge in [-0.3, -0.25) is 0 Å². The molecule has 0 saturated carbocycles. The molecule has 2 aromatic rings. The number of piperazine rings is 1. The first-order chi connectivity index (χ1) is 14.1. The van der Waals surface area contributed by atoms with E-state index in [0.717, 1.165) is 49.6 Å². The normalized spacial score (nSPS) is 15.3. The zero-order valence-corrected chi connectivity index (χ0v) is 18.3. The van der Waals surface area contributed by atoms with Crippen LogP contribution in [-0.2, 0) is 10.9 Å². The van der Waals surface area contributed by atoms with Crippen molar-refractivity contribution in [2.24, 2.45) is 0 Å². The van der Waals surface area contributed by atoms with Gasteiger partial charge in [-0.25, -0.2) is 0 Å². The van der Waals surface area contributed by atoms with E-state index in [4.69, 9.17) is 9.26 Å². The van der Waals surface area contributed by atoms with Crippen LogP contribution in [0.15, 0.2) is 55.1 Å². The van der Waals surface area contributed by atoms with E-state index >= 15 is 0 Å². The maximum absolute atomic E-state index is 9.77. The standard InChI is InChI=1S/C23H31N2O3P/c1-4-28-29(26)18-13-20-5-7-21(8-6-20)19(2)24-14-16-25(17-15-24)22-9-11-23(27-3)12-10-22/h5-12,26H,2,4,13-18H2,1,3H3. The Balaban J connectivity index is 1.50. The highest BCUT2D eigenvalue weighted by Gasteiger charge is 2.19. The molecule has 1 saturated heterocycles. The minimum atomic E-state index is -1.30. The van der Waals surface area contributed by atoms with Gasteiger partial charge in [-0.2, -0.15) is 0 Å². The van der Waals surface area contributed by atoms with Crippen molar-refractivity contribution >= 4 is 19.8 Å². The molecular formula is C23H31N2O3P. The Kier molecular flexibility index (Phi) is 7.93. The summed E-state index contributed by atoms with van der Waals surface area (Å²) in [6, 6.07) is 16.8. The van der Waals surface area contributed by atoms with Gasteiger partial charge in [0.2, 0.25) is 0 Å². The Morgan fingerprint density at radius 3 is 2.28 bits per heavy atom. The van der Waals surface area contributed by atoms with Crippen LogP contribution in [0.25, 0.3) is 5.70 Å². The van der Waals surface area contributed by atoms with Crippen molar-refractivity contribution in [3.8, 4) is 5.75 Å². The number of hydrogen-bond acceptors (Lipinski definition) is 5. The first-order valence-corrected chi connectivity index (χ1v) is 11.5. The van der Waals surface area contributed by atoms with Gasteiger partial charge in [0.1, 0.15) is 5.75 Å². The maximum Gasteiger partial charge on any atom is 0.168 e. The lowest BCUT2D eigenvalue weighted by Crippen LogP contribution is -2.45. The molecule has 1 heterocycles. The Bertz CT molecular complexity index is 772. The first-order valence-electron chi connectivity index (χ1n) is 10.1. The van der Waals surface area contributed by atoms with Gasteiger partial charge in [-0.15, -0.1) is 0 Å². The van der Waals surface area contributed by atoms with Gasteiger partial charge in [0, 0.05) is 43.7 Å². The van der Waals surface area contributed by atoms with Gasteiger partial charge >= 0.3 is 0 Å². The second kappa shape index (κ2) is 10.6. The first kappa shape index (κ1) is 21.6. The highest BCUT2D eigenvalue weighted by Crippen LogP contribution is 2.32. The predicted molar refractivity (Wildman–Crippen MR) is 122 cm³/mol. The number of aryl methyl sites for hydroxylation is 1. The smallest absolute Gasteiger partial charge is 0.168 e. The minimum Gasteiger partial charge on any atom is -0.497 e. The molecule has 1 atom stereocenters. The number of methoxy groups -OCH3 is 1. The third-order valence-corrected chi connectivity index (χ3v) is 6.42. The van der Waals surface area contributed by atoms with Gasteiger partial charge < -0.3 is 24.0 Å². The van der Waals surface area contributed by atoms with E-state index in [1.54, 1.807) is 7.11 Å². The van der Waals surface area contributed by atoms with Crippen LogP contribution in [0, 0.1) is 0 Å². The quantitative estimate of drug-likeness (QED) is 0.618. The molecule has 1 aliphatic rings. The van der Waals surface area contributed by atoms with Crippen molar-refractivity contribution in [3.63, 3.8) is 0 Å². The van der Waals surface area contributed by atoms with Crippen LogP contribution in [0.2, 0.25) is 0 Å². The van der Waals surface area contributed by atoms with E-state index in [9.17, 15) is 4.89 Å². The van der Waals surface area contributed by atoms with Crippen molar-refractivity contribution in [3.05, 3.63) is 66.2 Å². The Morgan fingerprint density at radius 1 is 1.03 bits per heavy atom. The van der Waals surface area contributed by atoms with Crippen LogP contribution in [-0.4, -0.2) is 55.9 Å². The lowest BCUT2D eigenvalue weighted by molar-refractivity contribution is 0.329. The van der Waals surface area contributed by atoms with Gasteiger partial charge in [0.05, 0.1) is 13.7 Å². The second-order valence-electron chi connectivity index (χ2n) is 7.06. The Labute approximate surface area is 175 Å². The summed E-state index contributed by atoms with van der Waals surface area (Å²) in [6.45, 7) is 10.7. The summed E-state index contributed by atoms with van der Waals surface area (Å²) in [5, 5.41) is 0. The van der Waals surface area contributed by atoms with Crippen LogP contribution in [0.3, 0.4) is 0 Å². The molecule has 0 amide bonds. The number of hydrogen-bond donors (Lipinski definition) is 1. The number of nitrogens with zero attached hydrogens (tertiary/aromatic N) is 2. The predicted octanol–water partition coefficient (Wildman–Crippen LogP) is 4.37. The van der Waals surface area contributed by atoms with E-state index in [-0.39, 0.29) is 0 Å². The van der Waals surface area contributed by atoms with Crippen LogP contribution in [0.4, 0.5) is 5.69 Å². The highest BCUT2D eigenvalue weighted by atomic mass is 31.2. The fourth-order valence-electron chi connectivity index (χ4n) is 3.51. The van der Waals surface area contributed by atoms with E-state index in [2.05, 4.69) is 52.8 Å². The average molecular weight is 414 g/mol. The number of anilines is 1. The maximum atomic E-state index is 9.77. The molecule has 156 valence electrons. The molecule has 29 heavy (non-hydrogen) atoms. The molecule has 2 aromatic carbocycles. The van der Waals surface area contributed by atoms with Crippen LogP contribution < -0.4 is 9.64 Å². The van der Waals surface area contributed by atoms with Crippen LogP contribution >= 0.6 is 8.38 Å². The fraction of sp³-hybridized carbons (Fsp3) is 0.391. The Morgan fingerprint density at radius 2 is 1.69 bits per heavy atom. The third-order valence-electron chi connectivity index (χ3n) is 5.26. The molecule has 0 aromatic heterocycles. The van der Waals surface area contributed by atoms with Gasteiger partial charge in [-0.1, -0.05) is 30.8 Å². The summed E-state index contributed by atoms with van der Waals surface area (Å²) in [5.74, 6) is 0.887. The zero-order chi connectivity index (χ0) is 20.6. The largest absolute Gasteiger partial charge is 0.497 e. The molecule has 3 rings (SSSR count). The highest BCUT2D eigenvalue weighted by molar-refractivity contribution is 7.46. The SMILES string of the molecule is C=C(c1ccc(CCP(O)OCC)cc1)N1CCN(c2ccc(OC)cc2)CC1. The van der Waals surface area contributed by atoms with Crippen molar-refractivity contribution in [2.75, 3.05) is 51.0 Å². The molecule has 1 aliphatic heterocycles. The number of rotatable bonds is 9.